The maximum absolute atomic E-state index is 12.7. The molecule has 24 heavy (non-hydrogen) atoms. The van der Waals surface area contributed by atoms with Gasteiger partial charge in [0.1, 0.15) is 11.9 Å². The van der Waals surface area contributed by atoms with E-state index in [4.69, 9.17) is 4.74 Å². The van der Waals surface area contributed by atoms with E-state index in [9.17, 15) is 14.7 Å². The highest BCUT2D eigenvalue weighted by Gasteiger charge is 2.56. The highest BCUT2D eigenvalue weighted by molar-refractivity contribution is 5.93. The summed E-state index contributed by atoms with van der Waals surface area (Å²) in [6.07, 6.45) is 4.27. The van der Waals surface area contributed by atoms with Gasteiger partial charge in [-0.05, 0) is 12.8 Å². The molecule has 1 spiro atoms. The second-order valence-corrected chi connectivity index (χ2v) is 6.50. The second-order valence-electron chi connectivity index (χ2n) is 6.50. The first-order valence-electron chi connectivity index (χ1n) is 7.98. The number of amides is 1. The minimum atomic E-state index is -0.457. The fourth-order valence-electron chi connectivity index (χ4n) is 3.95. The number of H-pyrrole nitrogens is 1. The number of hydrogen-bond donors (Lipinski definition) is 2. The molecule has 2 aromatic heterocycles. The number of nitrogens with zero attached hydrogens (tertiary/aromatic N) is 4. The number of aromatic nitrogens is 4. The van der Waals surface area contributed by atoms with Gasteiger partial charge in [0.2, 0.25) is 0 Å². The molecule has 1 saturated carbocycles. The average Bonchev–Trinajstić information content (AvgIpc) is 3.09. The van der Waals surface area contributed by atoms with Gasteiger partial charge in [-0.3, -0.25) is 14.7 Å². The van der Waals surface area contributed by atoms with Crippen molar-refractivity contribution in [3.8, 4) is 0 Å². The molecule has 2 atom stereocenters. The van der Waals surface area contributed by atoms with Gasteiger partial charge in [-0.25, -0.2) is 9.97 Å². The van der Waals surface area contributed by atoms with Crippen molar-refractivity contribution in [3.05, 3.63) is 28.4 Å². The van der Waals surface area contributed by atoms with Crippen LogP contribution in [0.5, 0.6) is 0 Å². The number of nitrogens with one attached hydrogen (secondary N) is 1. The molecule has 2 aromatic rings. The van der Waals surface area contributed by atoms with E-state index in [1.54, 1.807) is 12.0 Å². The summed E-state index contributed by atoms with van der Waals surface area (Å²) >= 11 is 0. The topological polar surface area (TPSA) is 113 Å². The van der Waals surface area contributed by atoms with Gasteiger partial charge in [-0.2, -0.15) is 4.52 Å². The summed E-state index contributed by atoms with van der Waals surface area (Å²) in [6.45, 7) is 0.974. The van der Waals surface area contributed by atoms with Crippen LogP contribution in [0.2, 0.25) is 0 Å². The molecule has 1 saturated heterocycles. The molecular weight excluding hydrogens is 314 g/mol. The quantitative estimate of drug-likeness (QED) is 0.760. The smallest absolute Gasteiger partial charge is 0.286 e. The molecular formula is C15H19N5O4. The van der Waals surface area contributed by atoms with E-state index >= 15 is 0 Å². The Morgan fingerprint density at radius 1 is 1.42 bits per heavy atom. The van der Waals surface area contributed by atoms with Crippen LogP contribution in [-0.2, 0) is 4.74 Å². The molecule has 0 radical (unpaired) electrons. The average molecular weight is 333 g/mol. The van der Waals surface area contributed by atoms with E-state index < -0.39 is 5.56 Å². The van der Waals surface area contributed by atoms with Gasteiger partial charge in [0.05, 0.1) is 12.2 Å². The highest BCUT2D eigenvalue weighted by atomic mass is 16.5. The van der Waals surface area contributed by atoms with Crippen LogP contribution in [0.4, 0.5) is 0 Å². The van der Waals surface area contributed by atoms with Crippen LogP contribution >= 0.6 is 0 Å². The molecule has 0 bridgehead atoms. The number of fused-ring (bicyclic) bond motifs is 1. The Balaban J connectivity index is 1.54. The van der Waals surface area contributed by atoms with Gasteiger partial charge in [-0.1, -0.05) is 0 Å². The number of carbonyl (C=O) groups excluding carboxylic acids is 1. The lowest BCUT2D eigenvalue weighted by Crippen LogP contribution is -2.62. The minimum Gasteiger partial charge on any atom is -0.392 e. The number of rotatable bonds is 2. The van der Waals surface area contributed by atoms with Crippen LogP contribution in [0.25, 0.3) is 5.78 Å². The Kier molecular flexibility index (Phi) is 3.43. The van der Waals surface area contributed by atoms with Gasteiger partial charge in [-0.15, -0.1) is 0 Å². The Bertz CT molecular complexity index is 836. The third-order valence-electron chi connectivity index (χ3n) is 5.55. The van der Waals surface area contributed by atoms with Crippen molar-refractivity contribution in [1.29, 1.82) is 0 Å². The lowest BCUT2D eigenvalue weighted by molar-refractivity contribution is -0.199. The molecule has 1 amide bonds. The van der Waals surface area contributed by atoms with E-state index in [0.717, 1.165) is 4.52 Å². The monoisotopic (exact) mass is 333 g/mol. The number of methoxy groups -OCH3 is 1. The van der Waals surface area contributed by atoms with Gasteiger partial charge in [0.25, 0.3) is 17.2 Å². The van der Waals surface area contributed by atoms with Crippen molar-refractivity contribution in [1.82, 2.24) is 24.5 Å². The van der Waals surface area contributed by atoms with Crippen LogP contribution in [0, 0.1) is 5.41 Å². The first kappa shape index (κ1) is 15.3. The van der Waals surface area contributed by atoms with Gasteiger partial charge in [0.15, 0.2) is 0 Å². The maximum atomic E-state index is 12.7. The van der Waals surface area contributed by atoms with E-state index in [1.807, 2.05) is 0 Å². The SMILES string of the molecule is CO[C@H]1C[C@@H](O)C12CCN(C(=O)c1cnc3nc[nH]n3c1=O)CC2. The van der Waals surface area contributed by atoms with Crippen LogP contribution in [0.1, 0.15) is 29.6 Å². The molecule has 2 fully saturated rings. The first-order valence-corrected chi connectivity index (χ1v) is 7.98. The van der Waals surface area contributed by atoms with Gasteiger partial charge >= 0.3 is 0 Å². The number of piperidine rings is 1. The number of aliphatic hydroxyl groups excluding tert-OH is 1. The summed E-state index contributed by atoms with van der Waals surface area (Å²) in [4.78, 5) is 34.6. The molecule has 1 aliphatic carbocycles. The fraction of sp³-hybridized carbons (Fsp3) is 0.600. The lowest BCUT2D eigenvalue weighted by Gasteiger charge is -2.56. The number of aromatic amines is 1. The molecule has 2 aliphatic rings. The third kappa shape index (κ3) is 2.01. The third-order valence-corrected chi connectivity index (χ3v) is 5.55. The van der Waals surface area contributed by atoms with Crippen molar-refractivity contribution in [2.24, 2.45) is 5.41 Å². The van der Waals surface area contributed by atoms with Crippen molar-refractivity contribution >= 4 is 11.7 Å². The largest absolute Gasteiger partial charge is 0.392 e. The Labute approximate surface area is 137 Å². The van der Waals surface area contributed by atoms with E-state index in [1.165, 1.54) is 12.5 Å². The summed E-state index contributed by atoms with van der Waals surface area (Å²) < 4.78 is 6.60. The summed E-state index contributed by atoms with van der Waals surface area (Å²) in [5, 5.41) is 12.8. The fourth-order valence-corrected chi connectivity index (χ4v) is 3.95. The summed E-state index contributed by atoms with van der Waals surface area (Å²) in [5.74, 6) is -0.108. The zero-order valence-corrected chi connectivity index (χ0v) is 13.3. The van der Waals surface area contributed by atoms with Crippen molar-refractivity contribution < 1.29 is 14.6 Å². The second kappa shape index (κ2) is 5.38. The number of likely N-dealkylation sites (tertiary alicyclic amines) is 1. The molecule has 1 aliphatic heterocycles. The number of ether oxygens (including phenoxy) is 1. The maximum Gasteiger partial charge on any atom is 0.286 e. The molecule has 0 unspecified atom stereocenters. The Morgan fingerprint density at radius 2 is 2.17 bits per heavy atom. The highest BCUT2D eigenvalue weighted by Crippen LogP contribution is 2.50. The predicted octanol–water partition coefficient (Wildman–Crippen LogP) is -0.580. The molecule has 2 N–H and O–H groups in total. The van der Waals surface area contributed by atoms with Crippen LogP contribution < -0.4 is 5.56 Å². The van der Waals surface area contributed by atoms with Crippen LogP contribution in [-0.4, -0.2) is 67.9 Å². The van der Waals surface area contributed by atoms with Crippen LogP contribution in [0.15, 0.2) is 17.3 Å². The standard InChI is InChI=1S/C15H19N5O4/c1-24-11-6-10(21)15(11)2-4-19(5-3-15)12(22)9-7-16-14-17-8-18-20(14)13(9)23/h7-8,10-11,21H,2-6H2,1H3,(H,16,17,18)/t10-,11+/m1/s1. The summed E-state index contributed by atoms with van der Waals surface area (Å²) in [7, 11) is 1.65. The normalized spacial score (nSPS) is 25.8. The van der Waals surface area contributed by atoms with Gasteiger partial charge in [0, 0.05) is 38.2 Å². The zero-order chi connectivity index (χ0) is 16.9. The number of aliphatic hydroxyl groups is 1. The zero-order valence-electron chi connectivity index (χ0n) is 13.3. The van der Waals surface area contributed by atoms with E-state index in [2.05, 4.69) is 15.1 Å². The van der Waals surface area contributed by atoms with E-state index in [0.29, 0.717) is 32.4 Å². The lowest BCUT2D eigenvalue weighted by atomic mass is 9.58. The van der Waals surface area contributed by atoms with Crippen molar-refractivity contribution in [2.45, 2.75) is 31.5 Å². The molecule has 3 heterocycles. The van der Waals surface area contributed by atoms with Crippen LogP contribution in [0.3, 0.4) is 0 Å². The number of hydrogen-bond acceptors (Lipinski definition) is 6. The minimum absolute atomic E-state index is 0.0187. The van der Waals surface area contributed by atoms with Crippen molar-refractivity contribution in [3.63, 3.8) is 0 Å². The summed E-state index contributed by atoms with van der Waals surface area (Å²) in [6, 6.07) is 0. The number of carbonyl (C=O) groups is 1. The first-order chi connectivity index (χ1) is 11.6. The molecule has 4 rings (SSSR count). The Morgan fingerprint density at radius 3 is 2.83 bits per heavy atom. The molecule has 0 aromatic carbocycles. The molecule has 9 nitrogen and oxygen atoms in total. The van der Waals surface area contributed by atoms with Crippen molar-refractivity contribution in [2.75, 3.05) is 20.2 Å². The Hall–Kier alpha value is -2.26. The van der Waals surface area contributed by atoms with E-state index in [-0.39, 0.29) is 34.9 Å². The summed E-state index contributed by atoms with van der Waals surface area (Å²) in [5.41, 5.74) is -0.696. The molecule has 128 valence electrons. The molecule has 9 heteroatoms. The van der Waals surface area contributed by atoms with Gasteiger partial charge < -0.3 is 14.7 Å². The predicted molar refractivity (Wildman–Crippen MR) is 82.6 cm³/mol.